The molecule has 0 aliphatic rings. The summed E-state index contributed by atoms with van der Waals surface area (Å²) in [5, 5.41) is 3.18. The van der Waals surface area contributed by atoms with Gasteiger partial charge in [0.15, 0.2) is 0 Å². The van der Waals surface area contributed by atoms with Crippen molar-refractivity contribution < 1.29 is 9.47 Å². The van der Waals surface area contributed by atoms with Crippen molar-refractivity contribution in [1.29, 1.82) is 0 Å². The second-order valence-electron chi connectivity index (χ2n) is 3.96. The van der Waals surface area contributed by atoms with Crippen LogP contribution in [0.4, 0.5) is 11.5 Å². The normalized spacial score (nSPS) is 10.1. The molecule has 0 spiro atoms. The zero-order valence-corrected chi connectivity index (χ0v) is 11.4. The fourth-order valence-corrected chi connectivity index (χ4v) is 1.62. The zero-order valence-electron chi connectivity index (χ0n) is 11.4. The Balaban J connectivity index is 2.07. The van der Waals surface area contributed by atoms with E-state index in [0.717, 1.165) is 11.4 Å². The van der Waals surface area contributed by atoms with E-state index in [2.05, 4.69) is 15.3 Å². The number of hydrogen-bond acceptors (Lipinski definition) is 6. The molecule has 0 radical (unpaired) electrons. The highest BCUT2D eigenvalue weighted by atomic mass is 16.5. The second-order valence-corrected chi connectivity index (χ2v) is 3.96. The quantitative estimate of drug-likeness (QED) is 0.803. The molecule has 2 rings (SSSR count). The fourth-order valence-electron chi connectivity index (χ4n) is 1.62. The first-order chi connectivity index (χ1) is 9.81. The van der Waals surface area contributed by atoms with Gasteiger partial charge in [-0.1, -0.05) is 6.07 Å². The number of anilines is 2. The molecule has 0 saturated carbocycles. The van der Waals surface area contributed by atoms with Crippen LogP contribution < -0.4 is 20.5 Å². The minimum Gasteiger partial charge on any atom is -0.492 e. The van der Waals surface area contributed by atoms with E-state index < -0.39 is 0 Å². The molecule has 6 heteroatoms. The third kappa shape index (κ3) is 4.10. The van der Waals surface area contributed by atoms with Crippen LogP contribution in [0, 0.1) is 0 Å². The fraction of sp³-hybridized carbons (Fsp3) is 0.286. The van der Waals surface area contributed by atoms with Crippen molar-refractivity contribution in [3.8, 4) is 11.6 Å². The molecule has 0 saturated heterocycles. The van der Waals surface area contributed by atoms with Crippen molar-refractivity contribution in [2.24, 2.45) is 5.73 Å². The highest BCUT2D eigenvalue weighted by Crippen LogP contribution is 2.21. The Labute approximate surface area is 118 Å². The number of rotatable bonds is 7. The molecule has 0 bridgehead atoms. The van der Waals surface area contributed by atoms with E-state index in [1.54, 1.807) is 6.07 Å². The Hall–Kier alpha value is -2.34. The third-order valence-electron chi connectivity index (χ3n) is 2.43. The highest BCUT2D eigenvalue weighted by molar-refractivity contribution is 5.58. The lowest BCUT2D eigenvalue weighted by Gasteiger charge is -2.09. The SMILES string of the molecule is CCOc1cc(Nc2cccc(OCCN)c2)ncn1. The van der Waals surface area contributed by atoms with E-state index in [9.17, 15) is 0 Å². The molecule has 20 heavy (non-hydrogen) atoms. The van der Waals surface area contributed by atoms with Gasteiger partial charge in [0, 0.05) is 24.4 Å². The summed E-state index contributed by atoms with van der Waals surface area (Å²) in [6.07, 6.45) is 1.46. The maximum atomic E-state index is 5.47. The van der Waals surface area contributed by atoms with E-state index in [1.807, 2.05) is 31.2 Å². The standard InChI is InChI=1S/C14H18N4O2/c1-2-19-14-9-13(16-10-17-14)18-11-4-3-5-12(8-11)20-7-6-15/h3-5,8-10H,2,6-7,15H2,1H3,(H,16,17,18). The molecule has 0 aliphatic heterocycles. The number of aromatic nitrogens is 2. The summed E-state index contributed by atoms with van der Waals surface area (Å²) >= 11 is 0. The van der Waals surface area contributed by atoms with Gasteiger partial charge in [0.2, 0.25) is 5.88 Å². The maximum Gasteiger partial charge on any atom is 0.218 e. The number of nitrogens with zero attached hydrogens (tertiary/aromatic N) is 2. The van der Waals surface area contributed by atoms with E-state index in [-0.39, 0.29) is 0 Å². The lowest BCUT2D eigenvalue weighted by Crippen LogP contribution is -2.10. The number of nitrogens with one attached hydrogen (secondary N) is 1. The lowest BCUT2D eigenvalue weighted by molar-refractivity contribution is 0.326. The molecule has 1 aromatic carbocycles. The van der Waals surface area contributed by atoms with Crippen molar-refractivity contribution in [3.63, 3.8) is 0 Å². The number of benzene rings is 1. The summed E-state index contributed by atoms with van der Waals surface area (Å²) in [5.74, 6) is 1.97. The topological polar surface area (TPSA) is 82.3 Å². The van der Waals surface area contributed by atoms with Gasteiger partial charge in [-0.2, -0.15) is 0 Å². The van der Waals surface area contributed by atoms with Crippen molar-refractivity contribution >= 4 is 11.5 Å². The molecule has 0 atom stereocenters. The minimum atomic E-state index is 0.487. The summed E-state index contributed by atoms with van der Waals surface area (Å²) in [6.45, 7) is 3.46. The van der Waals surface area contributed by atoms with Gasteiger partial charge in [0.25, 0.3) is 0 Å². The van der Waals surface area contributed by atoms with Gasteiger partial charge in [-0.15, -0.1) is 0 Å². The molecule has 1 aromatic heterocycles. The van der Waals surface area contributed by atoms with Crippen LogP contribution in [0.3, 0.4) is 0 Å². The Kier molecular flexibility index (Phi) is 5.14. The Morgan fingerprint density at radius 3 is 2.90 bits per heavy atom. The summed E-state index contributed by atoms with van der Waals surface area (Å²) in [7, 11) is 0. The van der Waals surface area contributed by atoms with Gasteiger partial charge in [-0.3, -0.25) is 0 Å². The van der Waals surface area contributed by atoms with E-state index >= 15 is 0 Å². The first-order valence-electron chi connectivity index (χ1n) is 6.46. The van der Waals surface area contributed by atoms with Gasteiger partial charge in [-0.05, 0) is 19.1 Å². The van der Waals surface area contributed by atoms with Crippen LogP contribution in [-0.4, -0.2) is 29.7 Å². The Morgan fingerprint density at radius 2 is 2.10 bits per heavy atom. The summed E-state index contributed by atoms with van der Waals surface area (Å²) in [6, 6.07) is 9.35. The molecule has 106 valence electrons. The smallest absolute Gasteiger partial charge is 0.218 e. The molecular weight excluding hydrogens is 256 g/mol. The van der Waals surface area contributed by atoms with E-state index in [4.69, 9.17) is 15.2 Å². The molecule has 0 aliphatic carbocycles. The van der Waals surface area contributed by atoms with Crippen LogP contribution >= 0.6 is 0 Å². The molecule has 1 heterocycles. The van der Waals surface area contributed by atoms with Gasteiger partial charge in [0.1, 0.15) is 24.5 Å². The molecule has 3 N–H and O–H groups in total. The monoisotopic (exact) mass is 274 g/mol. The third-order valence-corrected chi connectivity index (χ3v) is 2.43. The van der Waals surface area contributed by atoms with Crippen molar-refractivity contribution in [1.82, 2.24) is 9.97 Å². The molecular formula is C14H18N4O2. The van der Waals surface area contributed by atoms with Gasteiger partial charge in [-0.25, -0.2) is 9.97 Å². The molecule has 2 aromatic rings. The maximum absolute atomic E-state index is 5.47. The summed E-state index contributed by atoms with van der Waals surface area (Å²) < 4.78 is 10.8. The predicted octanol–water partition coefficient (Wildman–Crippen LogP) is 1.96. The molecule has 0 unspecified atom stereocenters. The van der Waals surface area contributed by atoms with Crippen LogP contribution in [0.1, 0.15) is 6.92 Å². The minimum absolute atomic E-state index is 0.487. The van der Waals surface area contributed by atoms with Gasteiger partial charge >= 0.3 is 0 Å². The Bertz CT molecular complexity index is 548. The van der Waals surface area contributed by atoms with Gasteiger partial charge in [0.05, 0.1) is 6.61 Å². The van der Waals surface area contributed by atoms with Crippen LogP contribution in [0.15, 0.2) is 36.7 Å². The second kappa shape index (κ2) is 7.30. The van der Waals surface area contributed by atoms with E-state index in [1.165, 1.54) is 6.33 Å². The van der Waals surface area contributed by atoms with Crippen molar-refractivity contribution in [3.05, 3.63) is 36.7 Å². The molecule has 6 nitrogen and oxygen atoms in total. The average Bonchev–Trinajstić information content (AvgIpc) is 2.46. The van der Waals surface area contributed by atoms with Crippen LogP contribution in [-0.2, 0) is 0 Å². The number of hydrogen-bond donors (Lipinski definition) is 2. The highest BCUT2D eigenvalue weighted by Gasteiger charge is 2.01. The first kappa shape index (κ1) is 14.1. The number of ether oxygens (including phenoxy) is 2. The van der Waals surface area contributed by atoms with Crippen LogP contribution in [0.2, 0.25) is 0 Å². The first-order valence-corrected chi connectivity index (χ1v) is 6.46. The molecule has 0 fully saturated rings. The average molecular weight is 274 g/mol. The predicted molar refractivity (Wildman–Crippen MR) is 77.5 cm³/mol. The Morgan fingerprint density at radius 1 is 1.20 bits per heavy atom. The van der Waals surface area contributed by atoms with Crippen LogP contribution in [0.5, 0.6) is 11.6 Å². The van der Waals surface area contributed by atoms with E-state index in [0.29, 0.717) is 31.5 Å². The summed E-state index contributed by atoms with van der Waals surface area (Å²) in [4.78, 5) is 8.16. The van der Waals surface area contributed by atoms with Crippen molar-refractivity contribution in [2.75, 3.05) is 25.1 Å². The van der Waals surface area contributed by atoms with Gasteiger partial charge < -0.3 is 20.5 Å². The molecule has 0 amide bonds. The van der Waals surface area contributed by atoms with Crippen molar-refractivity contribution in [2.45, 2.75) is 6.92 Å². The summed E-state index contributed by atoms with van der Waals surface area (Å²) in [5.41, 5.74) is 6.29. The number of nitrogens with two attached hydrogens (primary N) is 1. The zero-order chi connectivity index (χ0) is 14.2. The van der Waals surface area contributed by atoms with Crippen LogP contribution in [0.25, 0.3) is 0 Å². The lowest BCUT2D eigenvalue weighted by atomic mass is 10.3. The largest absolute Gasteiger partial charge is 0.492 e.